The van der Waals surface area contributed by atoms with E-state index in [4.69, 9.17) is 0 Å². The van der Waals surface area contributed by atoms with Crippen molar-refractivity contribution in [1.29, 1.82) is 0 Å². The Morgan fingerprint density at radius 1 is 1.12 bits per heavy atom. The number of hydrogen-bond donors (Lipinski definition) is 0. The average molecular weight is 372 g/mol. The van der Waals surface area contributed by atoms with E-state index in [2.05, 4.69) is 31.9 Å². The Kier molecular flexibility index (Phi) is 4.31. The fourth-order valence-corrected chi connectivity index (χ4v) is 3.13. The molecule has 1 heterocycles. The number of carbonyl (C=O) groups excluding carboxylic acids is 1. The lowest BCUT2D eigenvalue weighted by Crippen LogP contribution is -1.94. The van der Waals surface area contributed by atoms with Crippen LogP contribution in [0.5, 0.6) is 0 Å². The van der Waals surface area contributed by atoms with Gasteiger partial charge in [0.25, 0.3) is 0 Å². The van der Waals surface area contributed by atoms with E-state index >= 15 is 0 Å². The van der Waals surface area contributed by atoms with Crippen LogP contribution in [-0.2, 0) is 0 Å². The van der Waals surface area contributed by atoms with Gasteiger partial charge in [-0.2, -0.15) is 0 Å². The zero-order chi connectivity index (χ0) is 12.3. The lowest BCUT2D eigenvalue weighted by Gasteiger charge is -1.98. The van der Waals surface area contributed by atoms with Gasteiger partial charge < -0.3 is 0 Å². The summed E-state index contributed by atoms with van der Waals surface area (Å²) in [6, 6.07) is 11.4. The minimum Gasteiger partial charge on any atom is -0.289 e. The maximum atomic E-state index is 11.9. The number of hydrogen-bond acceptors (Lipinski definition) is 2. The summed E-state index contributed by atoms with van der Waals surface area (Å²) in [5, 5.41) is 0. The first-order valence-electron chi connectivity index (χ1n) is 4.89. The largest absolute Gasteiger partial charge is 0.289 e. The molecule has 0 aliphatic heterocycles. The van der Waals surface area contributed by atoms with Crippen molar-refractivity contribution in [3.8, 4) is 0 Å². The van der Waals surface area contributed by atoms with Crippen LogP contribution in [0.25, 0.3) is 6.08 Å². The molecule has 1 aromatic heterocycles. The fourth-order valence-electron chi connectivity index (χ4n) is 1.33. The number of carbonyl (C=O) groups is 1. The minimum atomic E-state index is 0.00185. The van der Waals surface area contributed by atoms with Crippen LogP contribution >= 0.6 is 43.2 Å². The minimum absolute atomic E-state index is 0.00185. The maximum absolute atomic E-state index is 11.9. The second-order valence-corrected chi connectivity index (χ2v) is 6.67. The van der Waals surface area contributed by atoms with Crippen LogP contribution in [0.15, 0.2) is 50.7 Å². The normalized spacial score (nSPS) is 10.9. The maximum Gasteiger partial charge on any atom is 0.187 e. The Hall–Kier alpha value is -0.710. The molecule has 0 bridgehead atoms. The van der Waals surface area contributed by atoms with Crippen LogP contribution in [0.1, 0.15) is 15.2 Å². The molecule has 1 aromatic carbocycles. The molecule has 0 unspecified atom stereocenters. The monoisotopic (exact) mass is 370 g/mol. The molecule has 2 aromatic rings. The van der Waals surface area contributed by atoms with E-state index in [1.165, 1.54) is 0 Å². The first kappa shape index (κ1) is 12.7. The summed E-state index contributed by atoms with van der Waals surface area (Å²) in [4.78, 5) is 13.0. The van der Waals surface area contributed by atoms with Gasteiger partial charge in [-0.1, -0.05) is 28.1 Å². The summed E-state index contributed by atoms with van der Waals surface area (Å²) in [6.07, 6.45) is 3.43. The third kappa shape index (κ3) is 3.37. The summed E-state index contributed by atoms with van der Waals surface area (Å²) in [7, 11) is 0. The van der Waals surface area contributed by atoms with Crippen LogP contribution in [0.2, 0.25) is 0 Å². The van der Waals surface area contributed by atoms with Gasteiger partial charge in [-0.3, -0.25) is 4.79 Å². The first-order chi connectivity index (χ1) is 8.16. The highest BCUT2D eigenvalue weighted by atomic mass is 79.9. The quantitative estimate of drug-likeness (QED) is 0.537. The molecule has 17 heavy (non-hydrogen) atoms. The van der Waals surface area contributed by atoms with Crippen LogP contribution in [-0.4, -0.2) is 5.78 Å². The van der Waals surface area contributed by atoms with Crippen molar-refractivity contribution >= 4 is 55.1 Å². The van der Waals surface area contributed by atoms with Crippen molar-refractivity contribution in [1.82, 2.24) is 0 Å². The van der Waals surface area contributed by atoms with Crippen LogP contribution in [0.4, 0.5) is 0 Å². The Morgan fingerprint density at radius 2 is 1.88 bits per heavy atom. The van der Waals surface area contributed by atoms with E-state index < -0.39 is 0 Å². The fraction of sp³-hybridized carbons (Fsp3) is 0. The van der Waals surface area contributed by atoms with Crippen molar-refractivity contribution in [3.63, 3.8) is 0 Å². The number of halogens is 2. The molecule has 0 aliphatic carbocycles. The number of ketones is 1. The predicted octanol–water partition coefficient (Wildman–Crippen LogP) is 5.17. The zero-order valence-electron chi connectivity index (χ0n) is 8.69. The van der Waals surface area contributed by atoms with Gasteiger partial charge in [0.15, 0.2) is 5.78 Å². The molecule has 0 atom stereocenters. The van der Waals surface area contributed by atoms with Gasteiger partial charge in [-0.25, -0.2) is 0 Å². The van der Waals surface area contributed by atoms with Gasteiger partial charge in [0.05, 0.1) is 3.79 Å². The molecule has 0 saturated carbocycles. The van der Waals surface area contributed by atoms with E-state index in [0.717, 1.165) is 13.1 Å². The smallest absolute Gasteiger partial charge is 0.187 e. The molecule has 0 saturated heterocycles. The third-order valence-corrected chi connectivity index (χ3v) is 4.41. The molecular formula is C13H8Br2OS. The van der Waals surface area contributed by atoms with Crippen molar-refractivity contribution in [2.45, 2.75) is 0 Å². The highest BCUT2D eigenvalue weighted by Crippen LogP contribution is 2.23. The number of thiophene rings is 1. The summed E-state index contributed by atoms with van der Waals surface area (Å²) < 4.78 is 1.88. The summed E-state index contributed by atoms with van der Waals surface area (Å²) >= 11 is 8.35. The van der Waals surface area contributed by atoms with Gasteiger partial charge >= 0.3 is 0 Å². The topological polar surface area (TPSA) is 17.1 Å². The van der Waals surface area contributed by atoms with Crippen molar-refractivity contribution in [2.75, 3.05) is 0 Å². The molecule has 0 aliphatic rings. The Labute approximate surface area is 120 Å². The summed E-state index contributed by atoms with van der Waals surface area (Å²) in [5.41, 5.74) is 0.680. The van der Waals surface area contributed by atoms with Gasteiger partial charge in [0.1, 0.15) is 0 Å². The van der Waals surface area contributed by atoms with E-state index in [1.807, 2.05) is 36.4 Å². The van der Waals surface area contributed by atoms with Crippen molar-refractivity contribution in [2.24, 2.45) is 0 Å². The molecule has 0 radical (unpaired) electrons. The average Bonchev–Trinajstić information content (AvgIpc) is 2.73. The van der Waals surface area contributed by atoms with E-state index in [-0.39, 0.29) is 5.78 Å². The summed E-state index contributed by atoms with van der Waals surface area (Å²) in [6.45, 7) is 0. The van der Waals surface area contributed by atoms with E-state index in [0.29, 0.717) is 5.56 Å². The van der Waals surface area contributed by atoms with Gasteiger partial charge in [-0.05, 0) is 52.3 Å². The Bertz CT molecular complexity index is 572. The molecule has 0 N–H and O–H groups in total. The summed E-state index contributed by atoms with van der Waals surface area (Å²) in [5.74, 6) is 0.00185. The predicted molar refractivity (Wildman–Crippen MR) is 79.5 cm³/mol. The number of benzene rings is 1. The molecule has 0 fully saturated rings. The zero-order valence-corrected chi connectivity index (χ0v) is 12.7. The second kappa shape index (κ2) is 5.76. The first-order valence-corrected chi connectivity index (χ1v) is 7.29. The Balaban J connectivity index is 2.17. The van der Waals surface area contributed by atoms with Crippen LogP contribution < -0.4 is 0 Å². The van der Waals surface area contributed by atoms with Gasteiger partial charge in [-0.15, -0.1) is 11.3 Å². The molecule has 2 rings (SSSR count). The SMILES string of the molecule is O=C(/C=C/c1ccc(Br)s1)c1ccccc1Br. The third-order valence-electron chi connectivity index (χ3n) is 2.13. The van der Waals surface area contributed by atoms with E-state index in [1.54, 1.807) is 23.5 Å². The molecule has 1 nitrogen and oxygen atoms in total. The number of rotatable bonds is 3. The van der Waals surface area contributed by atoms with Gasteiger partial charge in [0.2, 0.25) is 0 Å². The number of allylic oxidation sites excluding steroid dienone is 1. The van der Waals surface area contributed by atoms with Crippen molar-refractivity contribution < 1.29 is 4.79 Å². The van der Waals surface area contributed by atoms with Crippen LogP contribution in [0.3, 0.4) is 0 Å². The lowest BCUT2D eigenvalue weighted by atomic mass is 10.1. The molecule has 0 spiro atoms. The molecule has 0 amide bonds. The molecule has 4 heteroatoms. The highest BCUT2D eigenvalue weighted by Gasteiger charge is 2.05. The molecule has 86 valence electrons. The van der Waals surface area contributed by atoms with Gasteiger partial charge in [0, 0.05) is 14.9 Å². The lowest BCUT2D eigenvalue weighted by molar-refractivity contribution is 0.104. The second-order valence-electron chi connectivity index (χ2n) is 3.32. The highest BCUT2D eigenvalue weighted by molar-refractivity contribution is 9.11. The molecular weight excluding hydrogens is 364 g/mol. The van der Waals surface area contributed by atoms with E-state index in [9.17, 15) is 4.79 Å². The standard InChI is InChI=1S/C13H8Br2OS/c14-11-4-2-1-3-10(11)12(16)7-5-9-6-8-13(15)17-9/h1-8H/b7-5+. The van der Waals surface area contributed by atoms with Crippen molar-refractivity contribution in [3.05, 3.63) is 61.2 Å². The Morgan fingerprint density at radius 3 is 2.53 bits per heavy atom. The van der Waals surface area contributed by atoms with Crippen LogP contribution in [0, 0.1) is 0 Å².